The van der Waals surface area contributed by atoms with Crippen molar-refractivity contribution in [2.75, 3.05) is 26.2 Å². The normalized spacial score (nSPS) is 10.2. The quantitative estimate of drug-likeness (QED) is 0.804. The smallest absolute Gasteiger partial charge is 0.254 e. The highest BCUT2D eigenvalue weighted by Gasteiger charge is 2.13. The van der Waals surface area contributed by atoms with E-state index < -0.39 is 0 Å². The van der Waals surface area contributed by atoms with Crippen LogP contribution < -0.4 is 10.5 Å². The predicted molar refractivity (Wildman–Crippen MR) is 72.9 cm³/mol. The van der Waals surface area contributed by atoms with Gasteiger partial charge in [-0.1, -0.05) is 13.0 Å². The van der Waals surface area contributed by atoms with Crippen molar-refractivity contribution in [1.82, 2.24) is 4.90 Å². The van der Waals surface area contributed by atoms with Crippen LogP contribution in [-0.2, 0) is 0 Å². The number of carbonyl (C=O) groups is 1. The second-order valence-corrected chi connectivity index (χ2v) is 4.05. The van der Waals surface area contributed by atoms with Gasteiger partial charge >= 0.3 is 0 Å². The van der Waals surface area contributed by atoms with E-state index in [4.69, 9.17) is 10.5 Å². The molecule has 0 atom stereocenters. The summed E-state index contributed by atoms with van der Waals surface area (Å²) >= 11 is 0. The first kappa shape index (κ1) is 14.5. The van der Waals surface area contributed by atoms with Gasteiger partial charge in [0.05, 0.1) is 6.61 Å². The lowest BCUT2D eigenvalue weighted by Gasteiger charge is -2.20. The Balaban J connectivity index is 2.78. The van der Waals surface area contributed by atoms with Gasteiger partial charge in [-0.3, -0.25) is 4.79 Å². The zero-order valence-corrected chi connectivity index (χ0v) is 11.2. The third-order valence-electron chi connectivity index (χ3n) is 2.62. The van der Waals surface area contributed by atoms with Gasteiger partial charge in [-0.15, -0.1) is 0 Å². The van der Waals surface area contributed by atoms with E-state index in [0.29, 0.717) is 31.8 Å². The van der Waals surface area contributed by atoms with Crippen LogP contribution in [0.2, 0.25) is 0 Å². The van der Waals surface area contributed by atoms with Gasteiger partial charge in [0.25, 0.3) is 5.91 Å². The number of rotatable bonds is 7. The molecule has 0 unspecified atom stereocenters. The number of nitrogens with zero attached hydrogens (tertiary/aromatic N) is 1. The van der Waals surface area contributed by atoms with Gasteiger partial charge in [-0.25, -0.2) is 0 Å². The molecule has 0 heterocycles. The topological polar surface area (TPSA) is 55.6 Å². The molecule has 4 nitrogen and oxygen atoms in total. The van der Waals surface area contributed by atoms with Crippen molar-refractivity contribution in [3.63, 3.8) is 0 Å². The molecule has 0 bridgehead atoms. The lowest BCUT2D eigenvalue weighted by Crippen LogP contribution is -2.35. The summed E-state index contributed by atoms with van der Waals surface area (Å²) in [6, 6.07) is 7.30. The van der Waals surface area contributed by atoms with Crippen LogP contribution in [0.5, 0.6) is 5.75 Å². The Morgan fingerprint density at radius 2 is 2.17 bits per heavy atom. The summed E-state index contributed by atoms with van der Waals surface area (Å²) in [6.07, 6.45) is 0.951. The van der Waals surface area contributed by atoms with Gasteiger partial charge in [0, 0.05) is 25.2 Å². The summed E-state index contributed by atoms with van der Waals surface area (Å²) in [4.78, 5) is 13.9. The molecular weight excluding hydrogens is 228 g/mol. The molecule has 1 aromatic carbocycles. The Hall–Kier alpha value is -1.55. The van der Waals surface area contributed by atoms with Crippen LogP contribution in [0.15, 0.2) is 24.3 Å². The van der Waals surface area contributed by atoms with E-state index in [9.17, 15) is 4.79 Å². The fraction of sp³-hybridized carbons (Fsp3) is 0.500. The molecule has 0 aliphatic rings. The summed E-state index contributed by atoms with van der Waals surface area (Å²) in [5.74, 6) is 0.747. The van der Waals surface area contributed by atoms with Crippen molar-refractivity contribution in [1.29, 1.82) is 0 Å². The van der Waals surface area contributed by atoms with Crippen molar-refractivity contribution >= 4 is 5.91 Å². The third kappa shape index (κ3) is 4.04. The highest BCUT2D eigenvalue weighted by atomic mass is 16.5. The van der Waals surface area contributed by atoms with Gasteiger partial charge in [0.2, 0.25) is 0 Å². The van der Waals surface area contributed by atoms with Gasteiger partial charge in [0.1, 0.15) is 5.75 Å². The summed E-state index contributed by atoms with van der Waals surface area (Å²) in [5, 5.41) is 0. The Bertz CT molecular complexity index is 380. The largest absolute Gasteiger partial charge is 0.494 e. The lowest BCUT2D eigenvalue weighted by molar-refractivity contribution is 0.0768. The van der Waals surface area contributed by atoms with E-state index in [1.54, 1.807) is 17.0 Å². The monoisotopic (exact) mass is 250 g/mol. The van der Waals surface area contributed by atoms with Crippen molar-refractivity contribution in [2.45, 2.75) is 20.3 Å². The minimum atomic E-state index is 0.00454. The molecular formula is C14H22N2O2. The minimum absolute atomic E-state index is 0.00454. The number of benzene rings is 1. The number of amides is 1. The van der Waals surface area contributed by atoms with Crippen molar-refractivity contribution < 1.29 is 9.53 Å². The maximum atomic E-state index is 12.2. The molecule has 18 heavy (non-hydrogen) atoms. The first-order valence-electron chi connectivity index (χ1n) is 6.45. The van der Waals surface area contributed by atoms with Gasteiger partial charge in [-0.05, 0) is 31.5 Å². The summed E-state index contributed by atoms with van der Waals surface area (Å²) in [7, 11) is 0. The fourth-order valence-corrected chi connectivity index (χ4v) is 1.68. The number of carbonyl (C=O) groups excluding carboxylic acids is 1. The molecule has 0 saturated carbocycles. The SMILES string of the molecule is CCCOc1cccc(C(=O)N(CC)CCN)c1. The molecule has 0 saturated heterocycles. The molecule has 2 N–H and O–H groups in total. The van der Waals surface area contributed by atoms with Crippen LogP contribution in [0.1, 0.15) is 30.6 Å². The third-order valence-corrected chi connectivity index (χ3v) is 2.62. The highest BCUT2D eigenvalue weighted by Crippen LogP contribution is 2.15. The summed E-state index contributed by atoms with van der Waals surface area (Å²) < 4.78 is 5.52. The Morgan fingerprint density at radius 3 is 2.78 bits per heavy atom. The molecule has 0 fully saturated rings. The molecule has 0 radical (unpaired) electrons. The second-order valence-electron chi connectivity index (χ2n) is 4.05. The Labute approximate surface area is 109 Å². The molecule has 1 amide bonds. The van der Waals surface area contributed by atoms with Gasteiger partial charge < -0.3 is 15.4 Å². The molecule has 0 spiro atoms. The van der Waals surface area contributed by atoms with Crippen LogP contribution in [0, 0.1) is 0 Å². The number of likely N-dealkylation sites (N-methyl/N-ethyl adjacent to an activating group) is 1. The predicted octanol–water partition coefficient (Wildman–Crippen LogP) is 1.90. The molecule has 100 valence electrons. The zero-order chi connectivity index (χ0) is 13.4. The molecule has 4 heteroatoms. The first-order chi connectivity index (χ1) is 8.72. The fourth-order valence-electron chi connectivity index (χ4n) is 1.68. The van der Waals surface area contributed by atoms with Crippen LogP contribution in [0.25, 0.3) is 0 Å². The highest BCUT2D eigenvalue weighted by molar-refractivity contribution is 5.94. The number of hydrogen-bond acceptors (Lipinski definition) is 3. The van der Waals surface area contributed by atoms with E-state index in [-0.39, 0.29) is 5.91 Å². The van der Waals surface area contributed by atoms with E-state index in [1.165, 1.54) is 0 Å². The number of hydrogen-bond donors (Lipinski definition) is 1. The van der Waals surface area contributed by atoms with E-state index in [2.05, 4.69) is 6.92 Å². The van der Waals surface area contributed by atoms with Crippen molar-refractivity contribution in [3.8, 4) is 5.75 Å². The summed E-state index contributed by atoms with van der Waals surface area (Å²) in [5.41, 5.74) is 6.15. The van der Waals surface area contributed by atoms with Crippen molar-refractivity contribution in [2.24, 2.45) is 5.73 Å². The van der Waals surface area contributed by atoms with Crippen LogP contribution in [0.3, 0.4) is 0 Å². The van der Waals surface area contributed by atoms with Crippen LogP contribution in [-0.4, -0.2) is 37.0 Å². The second kappa shape index (κ2) is 7.71. The molecule has 0 aromatic heterocycles. The average molecular weight is 250 g/mol. The molecule has 0 aliphatic carbocycles. The average Bonchev–Trinajstić information content (AvgIpc) is 2.42. The van der Waals surface area contributed by atoms with E-state index in [1.807, 2.05) is 19.1 Å². The number of nitrogens with two attached hydrogens (primary N) is 1. The zero-order valence-electron chi connectivity index (χ0n) is 11.2. The molecule has 1 aromatic rings. The first-order valence-corrected chi connectivity index (χ1v) is 6.45. The van der Waals surface area contributed by atoms with Crippen LogP contribution >= 0.6 is 0 Å². The number of ether oxygens (including phenoxy) is 1. The van der Waals surface area contributed by atoms with Crippen molar-refractivity contribution in [3.05, 3.63) is 29.8 Å². The minimum Gasteiger partial charge on any atom is -0.494 e. The lowest BCUT2D eigenvalue weighted by atomic mass is 10.2. The standard InChI is InChI=1S/C14H22N2O2/c1-3-10-18-13-7-5-6-12(11-13)14(17)16(4-2)9-8-15/h5-7,11H,3-4,8-10,15H2,1-2H3. The van der Waals surface area contributed by atoms with E-state index in [0.717, 1.165) is 12.2 Å². The maximum absolute atomic E-state index is 12.2. The van der Waals surface area contributed by atoms with Gasteiger partial charge in [-0.2, -0.15) is 0 Å². The maximum Gasteiger partial charge on any atom is 0.254 e. The van der Waals surface area contributed by atoms with E-state index >= 15 is 0 Å². The Kier molecular flexibility index (Phi) is 6.22. The summed E-state index contributed by atoms with van der Waals surface area (Å²) in [6.45, 7) is 6.38. The molecule has 0 aliphatic heterocycles. The Morgan fingerprint density at radius 1 is 1.39 bits per heavy atom. The van der Waals surface area contributed by atoms with Crippen LogP contribution in [0.4, 0.5) is 0 Å². The molecule has 1 rings (SSSR count). The van der Waals surface area contributed by atoms with Gasteiger partial charge in [0.15, 0.2) is 0 Å².